The minimum absolute atomic E-state index is 0.180. The SMILES string of the molecule is N#C/C=C1\N2CCCN3CCCCCC32OC12CCCCC2. The molecule has 1 aliphatic carbocycles. The number of nitrogens with zero attached hydrogens (tertiary/aromatic N) is 3. The van der Waals surface area contributed by atoms with Crippen molar-refractivity contribution in [2.75, 3.05) is 19.6 Å². The van der Waals surface area contributed by atoms with Gasteiger partial charge >= 0.3 is 0 Å². The van der Waals surface area contributed by atoms with E-state index in [0.717, 1.165) is 38.9 Å². The molecule has 0 bridgehead atoms. The van der Waals surface area contributed by atoms with E-state index in [1.54, 1.807) is 6.08 Å². The zero-order chi connectivity index (χ0) is 15.0. The second-order valence-electron chi connectivity index (χ2n) is 7.36. The van der Waals surface area contributed by atoms with E-state index in [0.29, 0.717) is 0 Å². The van der Waals surface area contributed by atoms with Crippen LogP contribution in [0.25, 0.3) is 0 Å². The maximum atomic E-state index is 9.36. The molecule has 0 amide bonds. The van der Waals surface area contributed by atoms with Crippen LogP contribution in [0.15, 0.2) is 11.8 Å². The summed E-state index contributed by atoms with van der Waals surface area (Å²) in [5.41, 5.74) is 1.02. The molecule has 3 saturated heterocycles. The van der Waals surface area contributed by atoms with Gasteiger partial charge in [-0.05, 0) is 32.1 Å². The van der Waals surface area contributed by atoms with Crippen molar-refractivity contribution in [1.29, 1.82) is 5.26 Å². The molecular formula is C18H27N3O. The van der Waals surface area contributed by atoms with Gasteiger partial charge in [-0.2, -0.15) is 5.26 Å². The summed E-state index contributed by atoms with van der Waals surface area (Å²) >= 11 is 0. The molecule has 2 spiro atoms. The molecule has 4 nitrogen and oxygen atoms in total. The van der Waals surface area contributed by atoms with E-state index in [1.807, 2.05) is 0 Å². The molecule has 0 aromatic rings. The first kappa shape index (κ1) is 14.5. The van der Waals surface area contributed by atoms with Crippen LogP contribution in [0.5, 0.6) is 0 Å². The van der Waals surface area contributed by atoms with Gasteiger partial charge in [0.05, 0.1) is 11.8 Å². The first-order chi connectivity index (χ1) is 10.8. The molecule has 0 aromatic heterocycles. The van der Waals surface area contributed by atoms with Crippen molar-refractivity contribution in [2.45, 2.75) is 75.7 Å². The first-order valence-corrected chi connectivity index (χ1v) is 9.14. The predicted octanol–water partition coefficient (Wildman–Crippen LogP) is 3.36. The molecule has 4 aliphatic rings. The zero-order valence-electron chi connectivity index (χ0n) is 13.5. The van der Waals surface area contributed by atoms with Crippen LogP contribution in [0.4, 0.5) is 0 Å². The molecule has 4 heteroatoms. The Labute approximate surface area is 133 Å². The number of nitriles is 1. The average molecular weight is 301 g/mol. The number of rotatable bonds is 0. The van der Waals surface area contributed by atoms with Gasteiger partial charge in [0, 0.05) is 32.1 Å². The van der Waals surface area contributed by atoms with Gasteiger partial charge in [-0.15, -0.1) is 0 Å². The highest BCUT2D eigenvalue weighted by Gasteiger charge is 2.60. The van der Waals surface area contributed by atoms with Gasteiger partial charge in [-0.25, -0.2) is 0 Å². The van der Waals surface area contributed by atoms with E-state index in [4.69, 9.17) is 4.74 Å². The molecule has 0 radical (unpaired) electrons. The van der Waals surface area contributed by atoms with Crippen LogP contribution >= 0.6 is 0 Å². The van der Waals surface area contributed by atoms with E-state index in [9.17, 15) is 5.26 Å². The van der Waals surface area contributed by atoms with Crippen molar-refractivity contribution >= 4 is 0 Å². The lowest BCUT2D eigenvalue weighted by atomic mass is 9.82. The minimum Gasteiger partial charge on any atom is -0.331 e. The number of hydrogen-bond donors (Lipinski definition) is 0. The lowest BCUT2D eigenvalue weighted by Crippen LogP contribution is -2.61. The van der Waals surface area contributed by atoms with Gasteiger partial charge in [0.1, 0.15) is 5.60 Å². The van der Waals surface area contributed by atoms with Crippen molar-refractivity contribution < 1.29 is 4.74 Å². The van der Waals surface area contributed by atoms with Gasteiger partial charge in [0.15, 0.2) is 0 Å². The Hall–Kier alpha value is -1.05. The molecule has 1 atom stereocenters. The average Bonchev–Trinajstić information content (AvgIpc) is 2.68. The third-order valence-corrected chi connectivity index (χ3v) is 6.14. The van der Waals surface area contributed by atoms with E-state index in [-0.39, 0.29) is 11.4 Å². The lowest BCUT2D eigenvalue weighted by Gasteiger charge is -2.49. The van der Waals surface area contributed by atoms with Crippen LogP contribution < -0.4 is 0 Å². The molecule has 0 N–H and O–H groups in total. The topological polar surface area (TPSA) is 39.5 Å². The fourth-order valence-corrected chi connectivity index (χ4v) is 5.20. The molecule has 22 heavy (non-hydrogen) atoms. The van der Waals surface area contributed by atoms with Crippen LogP contribution in [0.1, 0.15) is 64.2 Å². The monoisotopic (exact) mass is 301 g/mol. The Morgan fingerprint density at radius 2 is 1.64 bits per heavy atom. The Kier molecular flexibility index (Phi) is 3.66. The van der Waals surface area contributed by atoms with E-state index >= 15 is 0 Å². The highest BCUT2D eigenvalue weighted by molar-refractivity contribution is 5.29. The Bertz CT molecular complexity index is 503. The fraction of sp³-hybridized carbons (Fsp3) is 0.833. The maximum absolute atomic E-state index is 9.36. The van der Waals surface area contributed by atoms with Gasteiger partial charge in [0.25, 0.3) is 0 Å². The van der Waals surface area contributed by atoms with Gasteiger partial charge in [-0.1, -0.05) is 25.7 Å². The summed E-state index contributed by atoms with van der Waals surface area (Å²) in [5.74, 6) is -0.241. The second kappa shape index (κ2) is 5.54. The summed E-state index contributed by atoms with van der Waals surface area (Å²) in [5, 5.41) is 9.36. The largest absolute Gasteiger partial charge is 0.331 e. The summed E-state index contributed by atoms with van der Waals surface area (Å²) in [6, 6.07) is 2.32. The molecule has 4 fully saturated rings. The molecule has 3 heterocycles. The highest BCUT2D eigenvalue weighted by Crippen LogP contribution is 2.54. The van der Waals surface area contributed by atoms with Gasteiger partial charge in [0.2, 0.25) is 5.85 Å². The van der Waals surface area contributed by atoms with Crippen LogP contribution in [0.2, 0.25) is 0 Å². The summed E-state index contributed by atoms with van der Waals surface area (Å²) in [6.45, 7) is 3.34. The molecule has 1 unspecified atom stereocenters. The highest BCUT2D eigenvalue weighted by atomic mass is 16.6. The molecule has 0 aromatic carbocycles. The van der Waals surface area contributed by atoms with Crippen molar-refractivity contribution in [3.05, 3.63) is 11.8 Å². The van der Waals surface area contributed by atoms with Crippen LogP contribution in [0.3, 0.4) is 0 Å². The van der Waals surface area contributed by atoms with Gasteiger partial charge in [-0.3, -0.25) is 4.90 Å². The Morgan fingerprint density at radius 3 is 2.45 bits per heavy atom. The van der Waals surface area contributed by atoms with E-state index in [1.165, 1.54) is 50.6 Å². The van der Waals surface area contributed by atoms with Crippen molar-refractivity contribution in [3.63, 3.8) is 0 Å². The third-order valence-electron chi connectivity index (χ3n) is 6.14. The summed E-state index contributed by atoms with van der Waals surface area (Å²) in [4.78, 5) is 5.06. The Balaban J connectivity index is 1.78. The summed E-state index contributed by atoms with van der Waals surface area (Å²) in [6.07, 6.45) is 13.8. The van der Waals surface area contributed by atoms with E-state index < -0.39 is 0 Å². The normalized spacial score (nSPS) is 36.7. The molecule has 4 rings (SSSR count). The van der Waals surface area contributed by atoms with Crippen LogP contribution in [-0.2, 0) is 4.74 Å². The summed E-state index contributed by atoms with van der Waals surface area (Å²) in [7, 11) is 0. The first-order valence-electron chi connectivity index (χ1n) is 9.14. The predicted molar refractivity (Wildman–Crippen MR) is 84.7 cm³/mol. The standard InChI is InChI=1S/C18H27N3O/c19-12-8-16-17(9-3-1-4-10-17)22-18-11-5-2-6-13-20(18)14-7-15-21(16)18/h8H,1-7,9-11,13-15H2/b16-8-. The number of hydrogen-bond acceptors (Lipinski definition) is 4. The van der Waals surface area contributed by atoms with Gasteiger partial charge < -0.3 is 9.64 Å². The van der Waals surface area contributed by atoms with Crippen molar-refractivity contribution in [2.24, 2.45) is 0 Å². The Morgan fingerprint density at radius 1 is 0.909 bits per heavy atom. The number of ether oxygens (including phenoxy) is 1. The van der Waals surface area contributed by atoms with E-state index in [2.05, 4.69) is 15.9 Å². The third kappa shape index (κ3) is 2.02. The molecular weight excluding hydrogens is 274 g/mol. The fourth-order valence-electron chi connectivity index (χ4n) is 5.20. The van der Waals surface area contributed by atoms with Crippen molar-refractivity contribution in [3.8, 4) is 6.07 Å². The van der Waals surface area contributed by atoms with Crippen LogP contribution in [0, 0.1) is 11.3 Å². The summed E-state index contributed by atoms with van der Waals surface area (Å²) < 4.78 is 6.96. The smallest absolute Gasteiger partial charge is 0.201 e. The molecule has 3 aliphatic heterocycles. The van der Waals surface area contributed by atoms with Crippen LogP contribution in [-0.4, -0.2) is 40.9 Å². The van der Waals surface area contributed by atoms with Crippen molar-refractivity contribution in [1.82, 2.24) is 9.80 Å². The molecule has 120 valence electrons. The quantitative estimate of drug-likeness (QED) is 0.643. The second-order valence-corrected chi connectivity index (χ2v) is 7.36. The minimum atomic E-state index is -0.241. The lowest BCUT2D eigenvalue weighted by molar-refractivity contribution is -0.248. The number of allylic oxidation sites excluding steroid dienone is 1. The maximum Gasteiger partial charge on any atom is 0.201 e. The molecule has 1 saturated carbocycles. The zero-order valence-corrected chi connectivity index (χ0v) is 13.5.